The fourth-order valence-electron chi connectivity index (χ4n) is 2.65. The molecule has 110 valence electrons. The van der Waals surface area contributed by atoms with Crippen molar-refractivity contribution >= 4 is 5.84 Å². The molecule has 5 nitrogen and oxygen atoms in total. The van der Waals surface area contributed by atoms with Crippen LogP contribution in [0, 0.1) is 6.92 Å². The molecule has 1 atom stereocenters. The largest absolute Gasteiger partial charge is 0.409 e. The number of amidine groups is 1. The summed E-state index contributed by atoms with van der Waals surface area (Å²) in [6.45, 7) is 9.01. The SMILES string of the molecule is Cc1cccc(CN2CCN(C(C)C(N)=NO)CC2)c1. The molecule has 1 aliphatic rings. The average molecular weight is 276 g/mol. The van der Waals surface area contributed by atoms with E-state index in [4.69, 9.17) is 10.9 Å². The predicted molar refractivity (Wildman–Crippen MR) is 80.9 cm³/mol. The van der Waals surface area contributed by atoms with E-state index in [0.717, 1.165) is 32.7 Å². The molecule has 0 aliphatic carbocycles. The Kier molecular flexibility index (Phi) is 4.98. The van der Waals surface area contributed by atoms with Crippen LogP contribution in [0.5, 0.6) is 0 Å². The van der Waals surface area contributed by atoms with Gasteiger partial charge in [-0.3, -0.25) is 9.80 Å². The highest BCUT2D eigenvalue weighted by Crippen LogP contribution is 2.12. The van der Waals surface area contributed by atoms with E-state index in [9.17, 15) is 0 Å². The Labute approximate surface area is 120 Å². The molecule has 0 aromatic heterocycles. The van der Waals surface area contributed by atoms with E-state index in [2.05, 4.69) is 46.1 Å². The van der Waals surface area contributed by atoms with E-state index in [0.29, 0.717) is 0 Å². The highest BCUT2D eigenvalue weighted by atomic mass is 16.4. The maximum absolute atomic E-state index is 8.73. The highest BCUT2D eigenvalue weighted by Gasteiger charge is 2.23. The number of piperazine rings is 1. The molecule has 1 unspecified atom stereocenters. The molecule has 0 saturated carbocycles. The first-order valence-electron chi connectivity index (χ1n) is 7.09. The molecular weight excluding hydrogens is 252 g/mol. The molecular formula is C15H24N4O. The minimum Gasteiger partial charge on any atom is -0.409 e. The molecule has 1 saturated heterocycles. The molecule has 1 aromatic carbocycles. The van der Waals surface area contributed by atoms with Crippen molar-refractivity contribution in [3.63, 3.8) is 0 Å². The summed E-state index contributed by atoms with van der Waals surface area (Å²) < 4.78 is 0. The van der Waals surface area contributed by atoms with Crippen molar-refractivity contribution in [1.29, 1.82) is 0 Å². The predicted octanol–water partition coefficient (Wildman–Crippen LogP) is 1.25. The Morgan fingerprint density at radius 2 is 2.05 bits per heavy atom. The van der Waals surface area contributed by atoms with Gasteiger partial charge >= 0.3 is 0 Å². The summed E-state index contributed by atoms with van der Waals surface area (Å²) in [6, 6.07) is 8.66. The van der Waals surface area contributed by atoms with Crippen LogP contribution < -0.4 is 5.73 Å². The Balaban J connectivity index is 1.85. The zero-order chi connectivity index (χ0) is 14.5. The fraction of sp³-hybridized carbons (Fsp3) is 0.533. The normalized spacial score (nSPS) is 20.0. The van der Waals surface area contributed by atoms with Crippen molar-refractivity contribution in [3.8, 4) is 0 Å². The van der Waals surface area contributed by atoms with Crippen molar-refractivity contribution in [1.82, 2.24) is 9.80 Å². The Morgan fingerprint density at radius 3 is 2.65 bits per heavy atom. The summed E-state index contributed by atoms with van der Waals surface area (Å²) in [5.41, 5.74) is 8.34. The number of oxime groups is 1. The molecule has 0 spiro atoms. The summed E-state index contributed by atoms with van der Waals surface area (Å²) in [4.78, 5) is 4.70. The van der Waals surface area contributed by atoms with E-state index in [1.165, 1.54) is 11.1 Å². The van der Waals surface area contributed by atoms with E-state index in [1.54, 1.807) is 0 Å². The Hall–Kier alpha value is -1.59. The van der Waals surface area contributed by atoms with Crippen LogP contribution in [-0.2, 0) is 6.54 Å². The molecule has 20 heavy (non-hydrogen) atoms. The van der Waals surface area contributed by atoms with Gasteiger partial charge in [0.05, 0.1) is 6.04 Å². The molecule has 0 radical (unpaired) electrons. The second kappa shape index (κ2) is 6.72. The Morgan fingerprint density at radius 1 is 1.35 bits per heavy atom. The third kappa shape index (κ3) is 3.71. The van der Waals surface area contributed by atoms with Crippen molar-refractivity contribution in [2.24, 2.45) is 10.9 Å². The molecule has 0 amide bonds. The number of benzene rings is 1. The van der Waals surface area contributed by atoms with Gasteiger partial charge in [-0.2, -0.15) is 0 Å². The van der Waals surface area contributed by atoms with Gasteiger partial charge in [-0.15, -0.1) is 0 Å². The van der Waals surface area contributed by atoms with Gasteiger partial charge in [-0.25, -0.2) is 0 Å². The maximum atomic E-state index is 8.73. The van der Waals surface area contributed by atoms with Gasteiger partial charge in [0, 0.05) is 32.7 Å². The molecule has 1 aliphatic heterocycles. The summed E-state index contributed by atoms with van der Waals surface area (Å²) in [5, 5.41) is 11.8. The first-order chi connectivity index (χ1) is 9.60. The molecule has 2 rings (SSSR count). The van der Waals surface area contributed by atoms with Crippen LogP contribution >= 0.6 is 0 Å². The summed E-state index contributed by atoms with van der Waals surface area (Å²) in [7, 11) is 0. The van der Waals surface area contributed by atoms with E-state index >= 15 is 0 Å². The average Bonchev–Trinajstić information content (AvgIpc) is 2.46. The molecule has 5 heteroatoms. The Bertz CT molecular complexity index is 467. The maximum Gasteiger partial charge on any atom is 0.156 e. The zero-order valence-electron chi connectivity index (χ0n) is 12.3. The smallest absolute Gasteiger partial charge is 0.156 e. The van der Waals surface area contributed by atoms with Gasteiger partial charge < -0.3 is 10.9 Å². The molecule has 1 fully saturated rings. The van der Waals surface area contributed by atoms with Gasteiger partial charge in [-0.1, -0.05) is 35.0 Å². The third-order valence-corrected chi connectivity index (χ3v) is 3.99. The lowest BCUT2D eigenvalue weighted by Gasteiger charge is -2.37. The number of rotatable bonds is 4. The van der Waals surface area contributed by atoms with Crippen molar-refractivity contribution < 1.29 is 5.21 Å². The first kappa shape index (κ1) is 14.8. The van der Waals surface area contributed by atoms with Crippen LogP contribution in [0.4, 0.5) is 0 Å². The summed E-state index contributed by atoms with van der Waals surface area (Å²) >= 11 is 0. The lowest BCUT2D eigenvalue weighted by atomic mass is 10.1. The number of nitrogens with zero attached hydrogens (tertiary/aromatic N) is 3. The number of nitrogens with two attached hydrogens (primary N) is 1. The van der Waals surface area contributed by atoms with Crippen LogP contribution in [0.2, 0.25) is 0 Å². The zero-order valence-corrected chi connectivity index (χ0v) is 12.3. The van der Waals surface area contributed by atoms with Crippen molar-refractivity contribution in [2.75, 3.05) is 26.2 Å². The summed E-state index contributed by atoms with van der Waals surface area (Å²) in [5.74, 6) is 0.289. The standard InChI is InChI=1S/C15H24N4O/c1-12-4-3-5-14(10-12)11-18-6-8-19(9-7-18)13(2)15(16)17-20/h3-5,10,13,20H,6-9,11H2,1-2H3,(H2,16,17). The van der Waals surface area contributed by atoms with Gasteiger partial charge in [0.25, 0.3) is 0 Å². The second-order valence-electron chi connectivity index (χ2n) is 5.50. The first-order valence-corrected chi connectivity index (χ1v) is 7.09. The van der Waals surface area contributed by atoms with Crippen molar-refractivity contribution in [3.05, 3.63) is 35.4 Å². The number of aryl methyl sites for hydroxylation is 1. The van der Waals surface area contributed by atoms with E-state index in [-0.39, 0.29) is 11.9 Å². The third-order valence-electron chi connectivity index (χ3n) is 3.99. The van der Waals surface area contributed by atoms with Crippen LogP contribution in [0.15, 0.2) is 29.4 Å². The van der Waals surface area contributed by atoms with Gasteiger partial charge in [0.2, 0.25) is 0 Å². The van der Waals surface area contributed by atoms with E-state index in [1.807, 2.05) is 6.92 Å². The topological polar surface area (TPSA) is 65.1 Å². The van der Waals surface area contributed by atoms with Crippen LogP contribution in [0.25, 0.3) is 0 Å². The van der Waals surface area contributed by atoms with Gasteiger partial charge in [-0.05, 0) is 19.4 Å². The molecule has 1 heterocycles. The number of hydrogen-bond donors (Lipinski definition) is 2. The minimum atomic E-state index is 0.00104. The van der Waals surface area contributed by atoms with Gasteiger partial charge in [0.15, 0.2) is 5.84 Å². The van der Waals surface area contributed by atoms with Crippen molar-refractivity contribution in [2.45, 2.75) is 26.4 Å². The van der Waals surface area contributed by atoms with Crippen LogP contribution in [0.3, 0.4) is 0 Å². The number of hydrogen-bond acceptors (Lipinski definition) is 4. The van der Waals surface area contributed by atoms with Crippen LogP contribution in [-0.4, -0.2) is 53.1 Å². The lowest BCUT2D eigenvalue weighted by molar-refractivity contribution is 0.116. The highest BCUT2D eigenvalue weighted by molar-refractivity contribution is 5.84. The monoisotopic (exact) mass is 276 g/mol. The minimum absolute atomic E-state index is 0.00104. The molecule has 3 N–H and O–H groups in total. The quantitative estimate of drug-likeness (QED) is 0.376. The summed E-state index contributed by atoms with van der Waals surface area (Å²) in [6.07, 6.45) is 0. The lowest BCUT2D eigenvalue weighted by Crippen LogP contribution is -2.52. The molecule has 1 aromatic rings. The van der Waals surface area contributed by atoms with Crippen LogP contribution in [0.1, 0.15) is 18.1 Å². The van der Waals surface area contributed by atoms with E-state index < -0.39 is 0 Å². The second-order valence-corrected chi connectivity index (χ2v) is 5.50. The molecule has 0 bridgehead atoms. The van der Waals surface area contributed by atoms with Gasteiger partial charge in [0.1, 0.15) is 0 Å². The fourth-order valence-corrected chi connectivity index (χ4v) is 2.65.